The van der Waals surface area contributed by atoms with Gasteiger partial charge >= 0.3 is 6.18 Å². The summed E-state index contributed by atoms with van der Waals surface area (Å²) in [5, 5.41) is 38.4. The molecule has 0 bridgehead atoms. The molecular weight excluding hydrogens is 454 g/mol. The third-order valence-corrected chi connectivity index (χ3v) is 6.36. The number of alkyl halides is 3. The van der Waals surface area contributed by atoms with E-state index in [1.165, 1.54) is 6.07 Å². The van der Waals surface area contributed by atoms with Crippen LogP contribution >= 0.6 is 0 Å². The van der Waals surface area contributed by atoms with Gasteiger partial charge in [-0.25, -0.2) is 12.9 Å². The molecular formula is C20H15F4N3O4S. The molecule has 0 amide bonds. The van der Waals surface area contributed by atoms with Gasteiger partial charge in [0.05, 0.1) is 34.7 Å². The highest BCUT2D eigenvalue weighted by atomic mass is 32.2. The van der Waals surface area contributed by atoms with Crippen LogP contribution in [0.1, 0.15) is 16.7 Å². The van der Waals surface area contributed by atoms with E-state index in [0.717, 1.165) is 22.5 Å². The van der Waals surface area contributed by atoms with Crippen LogP contribution < -0.4 is 4.74 Å². The normalized spacial score (nSPS) is 22.2. The summed E-state index contributed by atoms with van der Waals surface area (Å²) in [5.74, 6) is -0.919. The van der Waals surface area contributed by atoms with Crippen LogP contribution in [0.2, 0.25) is 0 Å². The van der Waals surface area contributed by atoms with Gasteiger partial charge in [0.25, 0.3) is 0 Å². The van der Waals surface area contributed by atoms with Gasteiger partial charge in [0.1, 0.15) is 46.4 Å². The number of hydrogen-bond donors (Lipinski definition) is 2. The third kappa shape index (κ3) is 4.59. The van der Waals surface area contributed by atoms with Crippen molar-refractivity contribution in [2.45, 2.75) is 22.8 Å². The van der Waals surface area contributed by atoms with Gasteiger partial charge in [0, 0.05) is 12.6 Å². The molecule has 0 radical (unpaired) electrons. The predicted molar refractivity (Wildman–Crippen MR) is 102 cm³/mol. The quantitative estimate of drug-likeness (QED) is 0.648. The maximum absolute atomic E-state index is 13.8. The number of benzene rings is 2. The highest BCUT2D eigenvalue weighted by Crippen LogP contribution is 2.33. The molecule has 0 saturated carbocycles. The van der Waals surface area contributed by atoms with Gasteiger partial charge in [0.15, 0.2) is 0 Å². The van der Waals surface area contributed by atoms with E-state index < -0.39 is 59.0 Å². The Labute approximate surface area is 182 Å². The van der Waals surface area contributed by atoms with Gasteiger partial charge in [-0.1, -0.05) is 0 Å². The summed E-state index contributed by atoms with van der Waals surface area (Å²) < 4.78 is 72.2. The van der Waals surface area contributed by atoms with Crippen LogP contribution in [0.15, 0.2) is 41.3 Å². The molecule has 7 nitrogen and oxygen atoms in total. The van der Waals surface area contributed by atoms with Gasteiger partial charge in [0.2, 0.25) is 0 Å². The molecule has 2 aromatic carbocycles. The minimum atomic E-state index is -4.69. The summed E-state index contributed by atoms with van der Waals surface area (Å²) in [7, 11) is -2.17. The average Bonchev–Trinajstić information content (AvgIpc) is 3.09. The Kier molecular flexibility index (Phi) is 6.53. The Morgan fingerprint density at radius 2 is 1.88 bits per heavy atom. The fourth-order valence-corrected chi connectivity index (χ4v) is 4.53. The van der Waals surface area contributed by atoms with Crippen molar-refractivity contribution in [2.24, 2.45) is 0 Å². The molecule has 168 valence electrons. The number of halogens is 4. The molecule has 2 unspecified atom stereocenters. The largest absolute Gasteiger partial charge is 0.486 e. The van der Waals surface area contributed by atoms with Crippen LogP contribution in [-0.4, -0.2) is 50.1 Å². The van der Waals surface area contributed by atoms with Crippen molar-refractivity contribution in [3.63, 3.8) is 0 Å². The van der Waals surface area contributed by atoms with Crippen molar-refractivity contribution in [3.8, 4) is 17.9 Å². The van der Waals surface area contributed by atoms with Gasteiger partial charge in [-0.2, -0.15) is 23.7 Å². The summed E-state index contributed by atoms with van der Waals surface area (Å²) >= 11 is 0. The Morgan fingerprint density at radius 3 is 2.44 bits per heavy atom. The van der Waals surface area contributed by atoms with E-state index in [-0.39, 0.29) is 22.8 Å². The molecule has 12 heteroatoms. The number of nitriles is 2. The first kappa shape index (κ1) is 23.6. The molecule has 0 aromatic heterocycles. The molecule has 1 aliphatic heterocycles. The SMILES string of the molecule is N#Cc1ccc(O[C@H]2CN(S(=O)c3ccc(C(F)(F)F)cc3C#N)CC2(O)CO)cc1F. The second-order valence-electron chi connectivity index (χ2n) is 7.01. The lowest BCUT2D eigenvalue weighted by Crippen LogP contribution is -2.48. The Morgan fingerprint density at radius 1 is 1.19 bits per heavy atom. The topological polar surface area (TPSA) is 118 Å². The molecule has 3 rings (SSSR count). The highest BCUT2D eigenvalue weighted by Gasteiger charge is 2.49. The molecule has 0 aliphatic carbocycles. The summed E-state index contributed by atoms with van der Waals surface area (Å²) in [6.45, 7) is -1.47. The van der Waals surface area contributed by atoms with Crippen LogP contribution in [0, 0.1) is 28.5 Å². The zero-order valence-electron chi connectivity index (χ0n) is 16.1. The molecule has 1 heterocycles. The minimum absolute atomic E-state index is 0.0572. The summed E-state index contributed by atoms with van der Waals surface area (Å²) in [6, 6.07) is 8.77. The second-order valence-corrected chi connectivity index (χ2v) is 8.47. The van der Waals surface area contributed by atoms with Crippen molar-refractivity contribution >= 4 is 11.0 Å². The number of β-amino-alcohol motifs (C(OH)–C–C–N with tert-alkyl or cyclic N) is 1. The van der Waals surface area contributed by atoms with E-state index in [2.05, 4.69) is 0 Å². The number of hydrogen-bond acceptors (Lipinski definition) is 6. The van der Waals surface area contributed by atoms with E-state index in [9.17, 15) is 37.2 Å². The number of rotatable bonds is 5. The molecule has 1 saturated heterocycles. The Hall–Kier alpha value is -3.03. The fourth-order valence-electron chi connectivity index (χ4n) is 3.16. The van der Waals surface area contributed by atoms with Crippen LogP contribution in [0.25, 0.3) is 0 Å². The molecule has 2 N–H and O–H groups in total. The van der Waals surface area contributed by atoms with Crippen LogP contribution in [0.3, 0.4) is 0 Å². The van der Waals surface area contributed by atoms with Crippen molar-refractivity contribution in [1.82, 2.24) is 4.31 Å². The molecule has 3 atom stereocenters. The number of aliphatic hydroxyl groups is 2. The fraction of sp³-hybridized carbons (Fsp3) is 0.300. The summed E-state index contributed by atoms with van der Waals surface area (Å²) in [6.07, 6.45) is -5.88. The van der Waals surface area contributed by atoms with E-state index >= 15 is 0 Å². The Balaban J connectivity index is 1.86. The second kappa shape index (κ2) is 8.84. The minimum Gasteiger partial charge on any atom is -0.486 e. The monoisotopic (exact) mass is 469 g/mol. The Bertz CT molecular complexity index is 1150. The molecule has 1 aliphatic rings. The van der Waals surface area contributed by atoms with Gasteiger partial charge in [-0.15, -0.1) is 0 Å². The maximum Gasteiger partial charge on any atom is 0.416 e. The van der Waals surface area contributed by atoms with E-state index in [0.29, 0.717) is 12.1 Å². The zero-order chi connectivity index (χ0) is 23.7. The number of ether oxygens (including phenoxy) is 1. The highest BCUT2D eigenvalue weighted by molar-refractivity contribution is 7.82. The summed E-state index contributed by atoms with van der Waals surface area (Å²) in [5.41, 5.74) is -3.69. The molecule has 2 aromatic rings. The lowest BCUT2D eigenvalue weighted by atomic mass is 10.0. The van der Waals surface area contributed by atoms with Gasteiger partial charge in [-0.05, 0) is 30.3 Å². The average molecular weight is 469 g/mol. The van der Waals surface area contributed by atoms with Crippen LogP contribution in [0.5, 0.6) is 5.75 Å². The lowest BCUT2D eigenvalue weighted by Gasteiger charge is -2.27. The predicted octanol–water partition coefficient (Wildman–Crippen LogP) is 2.10. The van der Waals surface area contributed by atoms with Crippen LogP contribution in [0.4, 0.5) is 17.6 Å². The zero-order valence-corrected chi connectivity index (χ0v) is 17.0. The third-order valence-electron chi connectivity index (χ3n) is 4.88. The smallest absolute Gasteiger partial charge is 0.416 e. The molecule has 32 heavy (non-hydrogen) atoms. The van der Waals surface area contributed by atoms with E-state index in [4.69, 9.17) is 10.00 Å². The van der Waals surface area contributed by atoms with E-state index in [1.807, 2.05) is 0 Å². The van der Waals surface area contributed by atoms with Crippen molar-refractivity contribution in [1.29, 1.82) is 10.5 Å². The first-order valence-corrected chi connectivity index (χ1v) is 10.1. The lowest BCUT2D eigenvalue weighted by molar-refractivity contribution is -0.137. The maximum atomic E-state index is 13.8. The number of nitrogens with zero attached hydrogens (tertiary/aromatic N) is 3. The van der Waals surface area contributed by atoms with Crippen molar-refractivity contribution < 1.29 is 36.7 Å². The van der Waals surface area contributed by atoms with E-state index in [1.54, 1.807) is 12.1 Å². The number of aliphatic hydroxyl groups excluding tert-OH is 1. The van der Waals surface area contributed by atoms with Gasteiger partial charge < -0.3 is 14.9 Å². The van der Waals surface area contributed by atoms with Gasteiger partial charge in [-0.3, -0.25) is 0 Å². The van der Waals surface area contributed by atoms with Crippen LogP contribution in [-0.2, 0) is 17.2 Å². The van der Waals surface area contributed by atoms with Crippen molar-refractivity contribution in [3.05, 3.63) is 58.9 Å². The first-order chi connectivity index (χ1) is 15.0. The summed E-state index contributed by atoms with van der Waals surface area (Å²) in [4.78, 5) is -0.203. The molecule has 1 fully saturated rings. The van der Waals surface area contributed by atoms with Crippen molar-refractivity contribution in [2.75, 3.05) is 19.7 Å². The first-order valence-electron chi connectivity index (χ1n) is 9.00. The molecule has 0 spiro atoms. The standard InChI is InChI=1S/C20H15F4N3O4S/c21-16-6-15(3-1-12(16)7-25)31-18-9-27(10-19(18,29)11-28)32(30)17-4-2-14(20(22,23)24)5-13(17)8-26/h1-6,18,28-29H,9-11H2/t18-,19?,32?/m0/s1.